The maximum Gasteiger partial charge on any atom is 0.245 e. The van der Waals surface area contributed by atoms with Gasteiger partial charge in [-0.15, -0.1) is 0 Å². The summed E-state index contributed by atoms with van der Waals surface area (Å²) in [6.07, 6.45) is 5.50. The number of carbonyl (C=O) groups excluding carboxylic acids is 1. The van der Waals surface area contributed by atoms with E-state index in [-0.39, 0.29) is 0 Å². The van der Waals surface area contributed by atoms with Crippen molar-refractivity contribution in [2.75, 3.05) is 0 Å². The molecule has 0 unspecified atom stereocenters. The van der Waals surface area contributed by atoms with Crippen LogP contribution in [0.5, 0.6) is 0 Å². The van der Waals surface area contributed by atoms with E-state index in [1.807, 2.05) is 12.1 Å². The number of rotatable bonds is 5. The monoisotopic (exact) mass is 411 g/mol. The normalized spacial score (nSPS) is 16.6. The first kappa shape index (κ1) is 21.0. The minimum atomic E-state index is -4.04. The highest BCUT2D eigenvalue weighted by Crippen LogP contribution is 2.39. The molecular formula is C22H25N3O3S. The summed E-state index contributed by atoms with van der Waals surface area (Å²) in [4.78, 5) is 17.7. The molecule has 29 heavy (non-hydrogen) atoms. The Bertz CT molecular complexity index is 1020. The third kappa shape index (κ3) is 3.90. The number of carbonyl (C=O) groups is 1. The average Bonchev–Trinajstić information content (AvgIpc) is 2.74. The van der Waals surface area contributed by atoms with Crippen molar-refractivity contribution in [3.8, 4) is 6.07 Å². The number of aromatic nitrogens is 1. The zero-order valence-electron chi connectivity index (χ0n) is 16.7. The van der Waals surface area contributed by atoms with E-state index in [0.717, 1.165) is 19.3 Å². The smallest absolute Gasteiger partial charge is 0.245 e. The topological polar surface area (TPSA) is 99.9 Å². The molecule has 1 aliphatic carbocycles. The molecule has 0 aliphatic heterocycles. The van der Waals surface area contributed by atoms with Gasteiger partial charge < -0.3 is 0 Å². The summed E-state index contributed by atoms with van der Waals surface area (Å²) in [7, 11) is -4.04. The molecule has 0 bridgehead atoms. The van der Waals surface area contributed by atoms with Crippen LogP contribution in [0.1, 0.15) is 62.8 Å². The molecule has 1 heterocycles. The van der Waals surface area contributed by atoms with Crippen LogP contribution < -0.4 is 4.72 Å². The molecule has 1 fully saturated rings. The van der Waals surface area contributed by atoms with E-state index < -0.39 is 26.1 Å². The second-order valence-electron chi connectivity index (χ2n) is 7.99. The molecule has 1 amide bonds. The fourth-order valence-electron chi connectivity index (χ4n) is 3.85. The molecule has 1 aromatic heterocycles. The van der Waals surface area contributed by atoms with Gasteiger partial charge in [-0.05, 0) is 56.5 Å². The van der Waals surface area contributed by atoms with Gasteiger partial charge in [0.1, 0.15) is 4.75 Å². The van der Waals surface area contributed by atoms with Crippen LogP contribution in [0.4, 0.5) is 0 Å². The van der Waals surface area contributed by atoms with Crippen LogP contribution in [-0.2, 0) is 25.0 Å². The largest absolute Gasteiger partial charge is 0.273 e. The maximum atomic E-state index is 13.3. The molecule has 1 aromatic carbocycles. The standard InChI is InChI=1S/C22H25N3O3S/c1-21(2,18-11-9-17(16-23)10-12-18)29(27,28)25-20(26)22(13-5-3-6-14-22)19-8-4-7-15-24-19/h4,7-12,15H,3,5-6,13-14H2,1-2H3,(H,25,26). The Morgan fingerprint density at radius 2 is 1.76 bits per heavy atom. The van der Waals surface area contributed by atoms with Gasteiger partial charge in [-0.2, -0.15) is 5.26 Å². The van der Waals surface area contributed by atoms with Gasteiger partial charge >= 0.3 is 0 Å². The van der Waals surface area contributed by atoms with Gasteiger partial charge in [0, 0.05) is 6.20 Å². The minimum absolute atomic E-state index is 0.447. The predicted octanol–water partition coefficient (Wildman–Crippen LogP) is 3.54. The summed E-state index contributed by atoms with van der Waals surface area (Å²) in [6.45, 7) is 3.11. The molecule has 1 aliphatic rings. The Kier molecular flexibility index (Phi) is 5.76. The summed E-state index contributed by atoms with van der Waals surface area (Å²) >= 11 is 0. The second-order valence-corrected chi connectivity index (χ2v) is 10.2. The Labute approximate surface area is 172 Å². The van der Waals surface area contributed by atoms with E-state index in [4.69, 9.17) is 5.26 Å². The number of sulfonamides is 1. The molecule has 6 nitrogen and oxygen atoms in total. The van der Waals surface area contributed by atoms with Crippen molar-refractivity contribution in [3.05, 3.63) is 65.5 Å². The summed E-state index contributed by atoms with van der Waals surface area (Å²) < 4.78 is 27.4. The molecule has 0 atom stereocenters. The van der Waals surface area contributed by atoms with Gasteiger partial charge in [0.2, 0.25) is 15.9 Å². The lowest BCUT2D eigenvalue weighted by Gasteiger charge is -2.36. The van der Waals surface area contributed by atoms with Crippen molar-refractivity contribution in [3.63, 3.8) is 0 Å². The first-order valence-corrected chi connectivity index (χ1v) is 11.2. The van der Waals surface area contributed by atoms with E-state index in [9.17, 15) is 13.2 Å². The number of pyridine rings is 1. The van der Waals surface area contributed by atoms with E-state index in [2.05, 4.69) is 9.71 Å². The molecule has 1 N–H and O–H groups in total. The quantitative estimate of drug-likeness (QED) is 0.811. The van der Waals surface area contributed by atoms with E-state index in [1.54, 1.807) is 56.4 Å². The van der Waals surface area contributed by atoms with Gasteiger partial charge in [0.05, 0.1) is 22.7 Å². The van der Waals surface area contributed by atoms with Crippen LogP contribution in [0.25, 0.3) is 0 Å². The molecule has 0 radical (unpaired) electrons. The van der Waals surface area contributed by atoms with E-state index >= 15 is 0 Å². The molecule has 152 valence electrons. The van der Waals surface area contributed by atoms with Gasteiger partial charge in [0.15, 0.2) is 0 Å². The lowest BCUT2D eigenvalue weighted by Crippen LogP contribution is -2.52. The number of hydrogen-bond donors (Lipinski definition) is 1. The average molecular weight is 412 g/mol. The second kappa shape index (κ2) is 7.96. The number of amides is 1. The van der Waals surface area contributed by atoms with E-state index in [1.165, 1.54) is 0 Å². The summed E-state index contributed by atoms with van der Waals surface area (Å²) in [5.41, 5.74) is 0.631. The van der Waals surface area contributed by atoms with Gasteiger partial charge in [-0.1, -0.05) is 37.5 Å². The summed E-state index contributed by atoms with van der Waals surface area (Å²) in [5, 5.41) is 8.96. The molecular weight excluding hydrogens is 386 g/mol. The van der Waals surface area contributed by atoms with Crippen molar-refractivity contribution in [2.24, 2.45) is 0 Å². The fraction of sp³-hybridized carbons (Fsp3) is 0.409. The van der Waals surface area contributed by atoms with Crippen molar-refractivity contribution in [2.45, 2.75) is 56.1 Å². The van der Waals surface area contributed by atoms with Gasteiger partial charge in [0.25, 0.3) is 0 Å². The maximum absolute atomic E-state index is 13.3. The number of nitrogens with zero attached hydrogens (tertiary/aromatic N) is 2. The number of benzene rings is 1. The summed E-state index contributed by atoms with van der Waals surface area (Å²) in [5.74, 6) is -0.516. The summed E-state index contributed by atoms with van der Waals surface area (Å²) in [6, 6.07) is 13.8. The van der Waals surface area contributed by atoms with Crippen LogP contribution in [0, 0.1) is 11.3 Å². The van der Waals surface area contributed by atoms with Gasteiger partial charge in [-0.25, -0.2) is 8.42 Å². The lowest BCUT2D eigenvalue weighted by molar-refractivity contribution is -0.126. The lowest BCUT2D eigenvalue weighted by atomic mass is 9.71. The fourth-order valence-corrected chi connectivity index (χ4v) is 4.99. The first-order valence-electron chi connectivity index (χ1n) is 9.72. The highest BCUT2D eigenvalue weighted by molar-refractivity contribution is 7.91. The SMILES string of the molecule is CC(C)(c1ccc(C#N)cc1)S(=O)(=O)NC(=O)C1(c2ccccn2)CCCCC1. The van der Waals surface area contributed by atoms with Crippen LogP contribution >= 0.6 is 0 Å². The molecule has 1 saturated carbocycles. The van der Waals surface area contributed by atoms with Crippen molar-refractivity contribution < 1.29 is 13.2 Å². The number of hydrogen-bond acceptors (Lipinski definition) is 5. The Morgan fingerprint density at radius 3 is 2.31 bits per heavy atom. The highest BCUT2D eigenvalue weighted by Gasteiger charge is 2.46. The predicted molar refractivity (Wildman–Crippen MR) is 110 cm³/mol. The molecule has 3 rings (SSSR count). The van der Waals surface area contributed by atoms with Crippen molar-refractivity contribution >= 4 is 15.9 Å². The molecule has 0 spiro atoms. The minimum Gasteiger partial charge on any atom is -0.273 e. The molecule has 2 aromatic rings. The molecule has 0 saturated heterocycles. The highest BCUT2D eigenvalue weighted by atomic mass is 32.2. The Morgan fingerprint density at radius 1 is 1.10 bits per heavy atom. The Balaban J connectivity index is 1.93. The van der Waals surface area contributed by atoms with Crippen LogP contribution in [0.3, 0.4) is 0 Å². The van der Waals surface area contributed by atoms with Gasteiger partial charge in [-0.3, -0.25) is 14.5 Å². The number of nitriles is 1. The number of nitrogens with one attached hydrogen (secondary N) is 1. The van der Waals surface area contributed by atoms with Crippen molar-refractivity contribution in [1.82, 2.24) is 9.71 Å². The third-order valence-corrected chi connectivity index (χ3v) is 7.94. The van der Waals surface area contributed by atoms with E-state index in [0.29, 0.717) is 29.7 Å². The Hall–Kier alpha value is -2.72. The van der Waals surface area contributed by atoms with Crippen LogP contribution in [0.2, 0.25) is 0 Å². The molecule has 7 heteroatoms. The zero-order chi connectivity index (χ0) is 21.1. The third-order valence-electron chi connectivity index (χ3n) is 5.91. The van der Waals surface area contributed by atoms with Crippen LogP contribution in [-0.4, -0.2) is 19.3 Å². The van der Waals surface area contributed by atoms with Crippen molar-refractivity contribution in [1.29, 1.82) is 5.26 Å². The van der Waals surface area contributed by atoms with Crippen LogP contribution in [0.15, 0.2) is 48.7 Å². The zero-order valence-corrected chi connectivity index (χ0v) is 17.5. The first-order chi connectivity index (χ1) is 13.7.